The van der Waals surface area contributed by atoms with Gasteiger partial charge in [0.05, 0.1) is 18.0 Å². The molecule has 1 aliphatic rings. The molecule has 0 bridgehead atoms. The Hall–Kier alpha value is -2.15. The summed E-state index contributed by atoms with van der Waals surface area (Å²) in [6.45, 7) is 1.42. The smallest absolute Gasteiger partial charge is 0.350 e. The Bertz CT molecular complexity index is 1220. The summed E-state index contributed by atoms with van der Waals surface area (Å²) < 4.78 is 37.2. The highest BCUT2D eigenvalue weighted by Gasteiger charge is 2.44. The van der Waals surface area contributed by atoms with Gasteiger partial charge in [-0.3, -0.25) is 4.57 Å². The first kappa shape index (κ1) is 25.0. The fourth-order valence-corrected chi connectivity index (χ4v) is 4.32. The number of rotatable bonds is 8. The molecule has 5 N–H and O–H groups in total. The van der Waals surface area contributed by atoms with E-state index in [2.05, 4.69) is 15.3 Å². The Labute approximate surface area is 198 Å². The Kier molecular flexibility index (Phi) is 7.22. The van der Waals surface area contributed by atoms with Gasteiger partial charge in [0.2, 0.25) is 5.28 Å². The van der Waals surface area contributed by atoms with Gasteiger partial charge in [-0.1, -0.05) is 18.2 Å². The van der Waals surface area contributed by atoms with E-state index in [-0.39, 0.29) is 23.4 Å². The molecule has 0 amide bonds. The van der Waals surface area contributed by atoms with Gasteiger partial charge in [-0.05, 0) is 30.7 Å². The molecule has 14 heteroatoms. The van der Waals surface area contributed by atoms with Crippen LogP contribution in [-0.2, 0) is 14.0 Å². The number of aliphatic hydroxyl groups excluding tert-OH is 2. The lowest BCUT2D eigenvalue weighted by Gasteiger charge is -2.19. The molecule has 0 spiro atoms. The lowest BCUT2D eigenvalue weighted by atomic mass is 10.1. The van der Waals surface area contributed by atoms with Crippen LogP contribution in [0.5, 0.6) is 0 Å². The number of aliphatic hydroxyl groups is 2. The molecule has 4 rings (SSSR count). The summed E-state index contributed by atoms with van der Waals surface area (Å²) in [4.78, 5) is 26.2. The minimum Gasteiger partial charge on any atom is -0.387 e. The molecule has 34 heavy (non-hydrogen) atoms. The number of fused-ring (bicyclic) bond motifs is 1. The number of nitrogens with one attached hydrogen (secondary N) is 1. The van der Waals surface area contributed by atoms with Crippen LogP contribution in [0.3, 0.4) is 0 Å². The third kappa shape index (κ3) is 5.24. The number of anilines is 1. The predicted octanol–water partition coefficient (Wildman–Crippen LogP) is 2.17. The molecule has 1 aromatic carbocycles. The Balaban J connectivity index is 1.58. The van der Waals surface area contributed by atoms with Gasteiger partial charge in [0.15, 0.2) is 6.23 Å². The number of hydrogen-bond acceptors (Lipinski definition) is 8. The summed E-state index contributed by atoms with van der Waals surface area (Å²) in [5, 5.41) is 24.4. The monoisotopic (exact) mass is 516 g/mol. The van der Waals surface area contributed by atoms with Crippen LogP contribution in [-0.4, -0.2) is 65.8 Å². The molecule has 1 saturated heterocycles. The van der Waals surface area contributed by atoms with E-state index < -0.39 is 44.5 Å². The van der Waals surface area contributed by atoms with Crippen LogP contribution < -0.4 is 5.32 Å². The van der Waals surface area contributed by atoms with E-state index in [0.29, 0.717) is 16.8 Å². The molecule has 2 aromatic heterocycles. The molecule has 184 valence electrons. The molecule has 0 saturated carbocycles. The maximum absolute atomic E-state index is 14.2. The molecule has 3 heterocycles. The summed E-state index contributed by atoms with van der Waals surface area (Å²) in [5.41, 5.74) is 0.719. The number of aromatic nitrogens is 3. The van der Waals surface area contributed by atoms with E-state index in [4.69, 9.17) is 30.9 Å². The fraction of sp³-hybridized carbons (Fsp3) is 0.400. The van der Waals surface area contributed by atoms with Gasteiger partial charge in [0, 0.05) is 11.8 Å². The number of hydrogen-bond donors (Lipinski definition) is 5. The van der Waals surface area contributed by atoms with E-state index in [1.807, 2.05) is 0 Å². The molecule has 1 aliphatic heterocycles. The van der Waals surface area contributed by atoms with Crippen molar-refractivity contribution in [1.29, 1.82) is 0 Å². The van der Waals surface area contributed by atoms with Crippen molar-refractivity contribution >= 4 is 36.0 Å². The van der Waals surface area contributed by atoms with Gasteiger partial charge < -0.3 is 39.4 Å². The molecular weight excluding hydrogens is 494 g/mol. The van der Waals surface area contributed by atoms with Crippen molar-refractivity contribution in [1.82, 2.24) is 14.5 Å². The minimum atomic E-state index is -4.39. The molecule has 0 aliphatic carbocycles. The molecule has 1 fully saturated rings. The quantitative estimate of drug-likeness (QED) is 0.222. The zero-order chi connectivity index (χ0) is 24.6. The summed E-state index contributed by atoms with van der Waals surface area (Å²) in [5.74, 6) is -0.0426. The minimum absolute atomic E-state index is 0.106. The first-order valence-electron chi connectivity index (χ1n) is 10.2. The van der Waals surface area contributed by atoms with Gasteiger partial charge in [0.25, 0.3) is 0 Å². The van der Waals surface area contributed by atoms with Crippen LogP contribution in [0.25, 0.3) is 11.0 Å². The second kappa shape index (κ2) is 9.84. The first-order valence-corrected chi connectivity index (χ1v) is 12.4. The van der Waals surface area contributed by atoms with E-state index in [1.54, 1.807) is 37.4 Å². The van der Waals surface area contributed by atoms with Crippen molar-refractivity contribution in [3.8, 4) is 0 Å². The summed E-state index contributed by atoms with van der Waals surface area (Å²) >= 11 is 6.13. The summed E-state index contributed by atoms with van der Waals surface area (Å²) in [6.07, 6.45) is -4.17. The summed E-state index contributed by atoms with van der Waals surface area (Å²) in [6, 6.07) is 7.52. The lowest BCUT2D eigenvalue weighted by Crippen LogP contribution is -2.33. The first-order chi connectivity index (χ1) is 16.0. The van der Waals surface area contributed by atoms with Gasteiger partial charge in [-0.25, -0.2) is 9.37 Å². The van der Waals surface area contributed by atoms with Crippen molar-refractivity contribution in [3.63, 3.8) is 0 Å². The van der Waals surface area contributed by atoms with Crippen LogP contribution in [0.15, 0.2) is 36.5 Å². The highest BCUT2D eigenvalue weighted by Crippen LogP contribution is 2.37. The second-order valence-corrected chi connectivity index (χ2v) is 9.83. The van der Waals surface area contributed by atoms with Crippen LogP contribution in [0.2, 0.25) is 5.28 Å². The standard InChI is InChI=1S/C20H23ClFN4O7P/c1-10(11-4-2-3-5-13(11)22)23-17-12-6-7-26(18(12)25-20(21)24-17)19-16(28)15(27)14(33-19)8-32-9-34(29,30)31/h2-7,10,14-16,19,27-28H,8-9H2,1H3,(H,23,24,25)(H2,29,30,31)/t10-,14+,15+,16+,19+/m0/s1. The van der Waals surface area contributed by atoms with Gasteiger partial charge in [-0.2, -0.15) is 4.98 Å². The SMILES string of the molecule is C[C@H](Nc1nc(Cl)nc2c1ccn2[C@@H]1O[C@H](COCP(=O)(O)O)[C@@H](O)[C@H]1O)c1ccccc1F. The molecule has 3 aromatic rings. The zero-order valence-corrected chi connectivity index (χ0v) is 19.5. The highest BCUT2D eigenvalue weighted by molar-refractivity contribution is 7.51. The third-order valence-corrected chi connectivity index (χ3v) is 6.11. The van der Waals surface area contributed by atoms with Crippen LogP contribution >= 0.6 is 19.2 Å². The van der Waals surface area contributed by atoms with Crippen LogP contribution in [0, 0.1) is 5.82 Å². The third-order valence-electron chi connectivity index (χ3n) is 5.42. The fourth-order valence-electron chi connectivity index (χ4n) is 3.82. The Morgan fingerprint density at radius 3 is 2.71 bits per heavy atom. The van der Waals surface area contributed by atoms with Crippen LogP contribution in [0.1, 0.15) is 24.8 Å². The van der Waals surface area contributed by atoms with Crippen LogP contribution in [0.4, 0.5) is 10.2 Å². The molecular formula is C20H23ClFN4O7P. The van der Waals surface area contributed by atoms with E-state index >= 15 is 0 Å². The van der Waals surface area contributed by atoms with Gasteiger partial charge in [-0.15, -0.1) is 0 Å². The topological polar surface area (TPSA) is 159 Å². The molecule has 0 radical (unpaired) electrons. The maximum Gasteiger partial charge on any atom is 0.350 e. The van der Waals surface area contributed by atoms with E-state index in [1.165, 1.54) is 10.6 Å². The maximum atomic E-state index is 14.2. The van der Waals surface area contributed by atoms with Crippen molar-refractivity contribution in [2.75, 3.05) is 18.3 Å². The number of benzene rings is 1. The van der Waals surface area contributed by atoms with E-state index in [9.17, 15) is 19.2 Å². The van der Waals surface area contributed by atoms with Crippen molar-refractivity contribution in [3.05, 3.63) is 53.2 Å². The number of ether oxygens (including phenoxy) is 2. The highest BCUT2D eigenvalue weighted by atomic mass is 35.5. The van der Waals surface area contributed by atoms with Gasteiger partial charge in [0.1, 0.15) is 41.9 Å². The Morgan fingerprint density at radius 2 is 2.00 bits per heavy atom. The Morgan fingerprint density at radius 1 is 1.26 bits per heavy atom. The molecule has 5 atom stereocenters. The van der Waals surface area contributed by atoms with Gasteiger partial charge >= 0.3 is 7.60 Å². The van der Waals surface area contributed by atoms with Crippen molar-refractivity contribution in [2.45, 2.75) is 37.5 Å². The summed E-state index contributed by atoms with van der Waals surface area (Å²) in [7, 11) is -4.39. The second-order valence-electron chi connectivity index (χ2n) is 7.90. The largest absolute Gasteiger partial charge is 0.387 e. The average Bonchev–Trinajstić information content (AvgIpc) is 3.29. The lowest BCUT2D eigenvalue weighted by molar-refractivity contribution is -0.0610. The number of halogens is 2. The number of nitrogens with zero attached hydrogens (tertiary/aromatic N) is 3. The van der Waals surface area contributed by atoms with Crippen molar-refractivity contribution in [2.24, 2.45) is 0 Å². The predicted molar refractivity (Wildman–Crippen MR) is 120 cm³/mol. The van der Waals surface area contributed by atoms with E-state index in [0.717, 1.165) is 0 Å². The molecule has 0 unspecified atom stereocenters. The zero-order valence-electron chi connectivity index (χ0n) is 17.8. The molecule has 11 nitrogen and oxygen atoms in total. The average molecular weight is 517 g/mol. The van der Waals surface area contributed by atoms with Crippen molar-refractivity contribution < 1.29 is 38.4 Å². The normalized spacial score (nSPS) is 24.0.